The highest BCUT2D eigenvalue weighted by Gasteiger charge is 2.52. The van der Waals surface area contributed by atoms with Gasteiger partial charge in [-0.3, -0.25) is 19.9 Å². The zero-order valence-corrected chi connectivity index (χ0v) is 16.7. The molecule has 6 heteroatoms. The van der Waals surface area contributed by atoms with Crippen LogP contribution < -0.4 is 5.32 Å². The molecule has 2 fully saturated rings. The fourth-order valence-corrected chi connectivity index (χ4v) is 3.97. The Morgan fingerprint density at radius 1 is 1.30 bits per heavy atom. The Kier molecular flexibility index (Phi) is 5.65. The topological polar surface area (TPSA) is 65.5 Å². The number of hydrogen-bond donors (Lipinski definition) is 1. The molecule has 1 unspecified atom stereocenters. The standard InChI is InChI=1S/C21H30N4O2/c1-15(2)7-12-25-20(27)18(16(3)4)23-21(25)8-13-24(14-9-21)19(26)17-5-10-22-11-6-17/h5-7,10-11,16,18,23H,8-9,12-14H2,1-4H3. The van der Waals surface area contributed by atoms with E-state index < -0.39 is 0 Å². The molecular formula is C21H30N4O2. The lowest BCUT2D eigenvalue weighted by Crippen LogP contribution is -2.59. The lowest BCUT2D eigenvalue weighted by Gasteiger charge is -2.44. The molecule has 2 aliphatic heterocycles. The van der Waals surface area contributed by atoms with Gasteiger partial charge in [0.05, 0.1) is 11.7 Å². The molecule has 1 spiro atoms. The summed E-state index contributed by atoms with van der Waals surface area (Å²) in [6.45, 7) is 10.2. The largest absolute Gasteiger partial charge is 0.338 e. The van der Waals surface area contributed by atoms with E-state index in [-0.39, 0.29) is 29.4 Å². The molecule has 6 nitrogen and oxygen atoms in total. The van der Waals surface area contributed by atoms with Crippen LogP contribution in [0.25, 0.3) is 0 Å². The van der Waals surface area contributed by atoms with Crippen molar-refractivity contribution in [2.45, 2.75) is 52.2 Å². The molecule has 0 aliphatic carbocycles. The molecule has 1 atom stereocenters. The molecule has 1 aromatic rings. The van der Waals surface area contributed by atoms with E-state index in [9.17, 15) is 9.59 Å². The molecule has 27 heavy (non-hydrogen) atoms. The molecule has 2 amide bonds. The number of carbonyl (C=O) groups is 2. The van der Waals surface area contributed by atoms with E-state index in [2.05, 4.69) is 44.1 Å². The number of allylic oxidation sites excluding steroid dienone is 1. The molecule has 0 bridgehead atoms. The summed E-state index contributed by atoms with van der Waals surface area (Å²) in [5, 5.41) is 3.63. The van der Waals surface area contributed by atoms with Crippen LogP contribution in [-0.2, 0) is 4.79 Å². The van der Waals surface area contributed by atoms with Crippen LogP contribution >= 0.6 is 0 Å². The van der Waals surface area contributed by atoms with Gasteiger partial charge in [-0.15, -0.1) is 0 Å². The fraction of sp³-hybridized carbons (Fsp3) is 0.571. The first-order valence-electron chi connectivity index (χ1n) is 9.76. The summed E-state index contributed by atoms with van der Waals surface area (Å²) in [5.41, 5.74) is 1.52. The summed E-state index contributed by atoms with van der Waals surface area (Å²) in [6.07, 6.45) is 6.89. The highest BCUT2D eigenvalue weighted by molar-refractivity contribution is 5.94. The molecule has 3 rings (SSSR count). The summed E-state index contributed by atoms with van der Waals surface area (Å²) in [5.74, 6) is 0.451. The molecular weight excluding hydrogens is 340 g/mol. The second-order valence-electron chi connectivity index (χ2n) is 8.16. The normalized spacial score (nSPS) is 21.8. The number of pyridine rings is 1. The van der Waals surface area contributed by atoms with Crippen molar-refractivity contribution in [3.05, 3.63) is 41.7 Å². The minimum Gasteiger partial charge on any atom is -0.338 e. The van der Waals surface area contributed by atoms with Gasteiger partial charge in [-0.25, -0.2) is 0 Å². The molecule has 2 aliphatic rings. The second-order valence-corrected chi connectivity index (χ2v) is 8.16. The van der Waals surface area contributed by atoms with Crippen molar-refractivity contribution in [3.63, 3.8) is 0 Å². The van der Waals surface area contributed by atoms with Gasteiger partial charge in [0, 0.05) is 50.4 Å². The average Bonchev–Trinajstić information content (AvgIpc) is 2.92. The number of likely N-dealkylation sites (tertiary alicyclic amines) is 1. The zero-order chi connectivity index (χ0) is 19.6. The second kappa shape index (κ2) is 7.80. The quantitative estimate of drug-likeness (QED) is 0.827. The van der Waals surface area contributed by atoms with Crippen LogP contribution in [0.2, 0.25) is 0 Å². The van der Waals surface area contributed by atoms with Crippen molar-refractivity contribution in [1.29, 1.82) is 0 Å². The van der Waals surface area contributed by atoms with Crippen LogP contribution in [0.15, 0.2) is 36.2 Å². The molecule has 2 saturated heterocycles. The zero-order valence-electron chi connectivity index (χ0n) is 16.7. The van der Waals surface area contributed by atoms with E-state index >= 15 is 0 Å². The van der Waals surface area contributed by atoms with Gasteiger partial charge < -0.3 is 9.80 Å². The molecule has 0 aromatic carbocycles. The van der Waals surface area contributed by atoms with Crippen LogP contribution in [-0.4, -0.2) is 57.9 Å². The Bertz CT molecular complexity index is 717. The highest BCUT2D eigenvalue weighted by Crippen LogP contribution is 2.34. The predicted molar refractivity (Wildman–Crippen MR) is 105 cm³/mol. The summed E-state index contributed by atoms with van der Waals surface area (Å²) >= 11 is 0. The third kappa shape index (κ3) is 3.90. The lowest BCUT2D eigenvalue weighted by molar-refractivity contribution is -0.133. The number of nitrogens with zero attached hydrogens (tertiary/aromatic N) is 3. The Morgan fingerprint density at radius 3 is 2.48 bits per heavy atom. The summed E-state index contributed by atoms with van der Waals surface area (Å²) in [7, 11) is 0. The molecule has 1 N–H and O–H groups in total. The number of piperidine rings is 1. The summed E-state index contributed by atoms with van der Waals surface area (Å²) in [6, 6.07) is 3.35. The number of carbonyl (C=O) groups excluding carboxylic acids is 2. The predicted octanol–water partition coefficient (Wildman–Crippen LogP) is 2.44. The maximum atomic E-state index is 13.0. The van der Waals surface area contributed by atoms with E-state index in [1.165, 1.54) is 5.57 Å². The molecule has 0 radical (unpaired) electrons. The van der Waals surface area contributed by atoms with Gasteiger partial charge in [-0.2, -0.15) is 0 Å². The molecule has 3 heterocycles. The minimum absolute atomic E-state index is 0.0350. The summed E-state index contributed by atoms with van der Waals surface area (Å²) < 4.78 is 0. The molecule has 0 saturated carbocycles. The van der Waals surface area contributed by atoms with Crippen molar-refractivity contribution in [3.8, 4) is 0 Å². The third-order valence-corrected chi connectivity index (χ3v) is 5.63. The highest BCUT2D eigenvalue weighted by atomic mass is 16.2. The SMILES string of the molecule is CC(C)=CCN1C(=O)C(C(C)C)NC12CCN(C(=O)c1ccncc1)CC2. The van der Waals surface area contributed by atoms with Crippen LogP contribution in [0.3, 0.4) is 0 Å². The molecule has 1 aromatic heterocycles. The van der Waals surface area contributed by atoms with Gasteiger partial charge in [-0.05, 0) is 31.9 Å². The Morgan fingerprint density at radius 2 is 1.93 bits per heavy atom. The molecule has 146 valence electrons. The van der Waals surface area contributed by atoms with Gasteiger partial charge in [0.15, 0.2) is 0 Å². The third-order valence-electron chi connectivity index (χ3n) is 5.63. The van der Waals surface area contributed by atoms with Crippen molar-refractivity contribution in [2.75, 3.05) is 19.6 Å². The van der Waals surface area contributed by atoms with Gasteiger partial charge in [-0.1, -0.05) is 25.5 Å². The number of amides is 2. The minimum atomic E-state index is -0.354. The monoisotopic (exact) mass is 370 g/mol. The van der Waals surface area contributed by atoms with Crippen molar-refractivity contribution in [2.24, 2.45) is 5.92 Å². The fourth-order valence-electron chi connectivity index (χ4n) is 3.97. The van der Waals surface area contributed by atoms with Crippen molar-refractivity contribution >= 4 is 11.8 Å². The Labute approximate surface area is 161 Å². The maximum absolute atomic E-state index is 13.0. The van der Waals surface area contributed by atoms with Crippen LogP contribution in [0.5, 0.6) is 0 Å². The first-order valence-corrected chi connectivity index (χ1v) is 9.76. The van der Waals surface area contributed by atoms with Gasteiger partial charge in [0.1, 0.15) is 0 Å². The number of rotatable bonds is 4. The van der Waals surface area contributed by atoms with Gasteiger partial charge >= 0.3 is 0 Å². The van der Waals surface area contributed by atoms with E-state index in [1.807, 2.05) is 9.80 Å². The van der Waals surface area contributed by atoms with E-state index in [1.54, 1.807) is 24.5 Å². The van der Waals surface area contributed by atoms with Gasteiger partial charge in [0.25, 0.3) is 5.91 Å². The van der Waals surface area contributed by atoms with Crippen LogP contribution in [0.4, 0.5) is 0 Å². The van der Waals surface area contributed by atoms with E-state index in [0.29, 0.717) is 25.2 Å². The smallest absolute Gasteiger partial charge is 0.253 e. The lowest BCUT2D eigenvalue weighted by atomic mass is 9.95. The first kappa shape index (κ1) is 19.5. The summed E-state index contributed by atoms with van der Waals surface area (Å²) in [4.78, 5) is 33.6. The number of aromatic nitrogens is 1. The number of nitrogens with one attached hydrogen (secondary N) is 1. The van der Waals surface area contributed by atoms with Crippen LogP contribution in [0.1, 0.15) is 50.9 Å². The average molecular weight is 370 g/mol. The Hall–Kier alpha value is -2.21. The maximum Gasteiger partial charge on any atom is 0.253 e. The van der Waals surface area contributed by atoms with Gasteiger partial charge in [0.2, 0.25) is 5.91 Å². The van der Waals surface area contributed by atoms with Crippen molar-refractivity contribution < 1.29 is 9.59 Å². The van der Waals surface area contributed by atoms with E-state index in [4.69, 9.17) is 0 Å². The Balaban J connectivity index is 1.76. The van der Waals surface area contributed by atoms with Crippen molar-refractivity contribution in [1.82, 2.24) is 20.1 Å². The van der Waals surface area contributed by atoms with Crippen LogP contribution in [0, 0.1) is 5.92 Å². The van der Waals surface area contributed by atoms with E-state index in [0.717, 1.165) is 12.8 Å². The number of hydrogen-bond acceptors (Lipinski definition) is 4. The first-order chi connectivity index (χ1) is 12.8.